The zero-order valence-corrected chi connectivity index (χ0v) is 8.78. The molecule has 0 atom stereocenters. The van der Waals surface area contributed by atoms with E-state index in [1.807, 2.05) is 0 Å². The smallest absolute Gasteiger partial charge is 0.248 e. The predicted octanol–water partition coefficient (Wildman–Crippen LogP) is 0.940. The molecule has 1 fully saturated rings. The Hall–Kier alpha value is -1.42. The number of aromatic nitrogens is 1. The van der Waals surface area contributed by atoms with Crippen LogP contribution in [0.25, 0.3) is 0 Å². The molecular formula is C11H17N3O. The molecule has 1 aliphatic heterocycles. The summed E-state index contributed by atoms with van der Waals surface area (Å²) in [7, 11) is 0. The van der Waals surface area contributed by atoms with E-state index in [-0.39, 0.29) is 0 Å². The first-order chi connectivity index (χ1) is 7.30. The lowest BCUT2D eigenvalue weighted by molar-refractivity contribution is 0.1000. The summed E-state index contributed by atoms with van der Waals surface area (Å²) in [5, 5.41) is 3.28. The minimum atomic E-state index is -0.419. The molecule has 0 bridgehead atoms. The second-order valence-corrected chi connectivity index (χ2v) is 3.41. The molecule has 1 saturated heterocycles. The average molecular weight is 207 g/mol. The molecule has 0 aliphatic carbocycles. The maximum absolute atomic E-state index is 10.4. The van der Waals surface area contributed by atoms with Crippen LogP contribution in [0.1, 0.15) is 29.6 Å². The van der Waals surface area contributed by atoms with E-state index in [0.717, 1.165) is 0 Å². The number of rotatable bonds is 1. The van der Waals surface area contributed by atoms with Crippen LogP contribution in [0.3, 0.4) is 0 Å². The largest absolute Gasteiger partial charge is 0.366 e. The number of hydrogen-bond acceptors (Lipinski definition) is 3. The number of amides is 1. The van der Waals surface area contributed by atoms with Gasteiger partial charge in [-0.15, -0.1) is 0 Å². The third kappa shape index (κ3) is 5.12. The van der Waals surface area contributed by atoms with Gasteiger partial charge in [0.15, 0.2) is 0 Å². The fourth-order valence-electron chi connectivity index (χ4n) is 1.32. The number of carbonyl (C=O) groups excluding carboxylic acids is 1. The number of nitrogens with one attached hydrogen (secondary N) is 1. The van der Waals surface area contributed by atoms with Crippen molar-refractivity contribution in [3.8, 4) is 0 Å². The van der Waals surface area contributed by atoms with Crippen molar-refractivity contribution in [2.75, 3.05) is 13.1 Å². The number of hydrogen-bond donors (Lipinski definition) is 2. The van der Waals surface area contributed by atoms with Gasteiger partial charge in [0.2, 0.25) is 5.91 Å². The lowest BCUT2D eigenvalue weighted by atomic mass is 10.2. The summed E-state index contributed by atoms with van der Waals surface area (Å²) < 4.78 is 0. The summed E-state index contributed by atoms with van der Waals surface area (Å²) in [5.41, 5.74) is 5.44. The highest BCUT2D eigenvalue weighted by molar-refractivity contribution is 5.92. The zero-order chi connectivity index (χ0) is 10.9. The standard InChI is InChI=1S/C6H6N2O.C5H11N/c7-6(9)5-1-3-8-4-2-5;1-2-4-6-5-3-1/h1-4H,(H2,7,9);6H,1-5H2. The first kappa shape index (κ1) is 11.7. The molecule has 2 rings (SSSR count). The Morgan fingerprint density at radius 3 is 2.07 bits per heavy atom. The Labute approximate surface area is 89.9 Å². The molecule has 1 aliphatic rings. The molecule has 3 N–H and O–H groups in total. The highest BCUT2D eigenvalue weighted by Crippen LogP contribution is 1.96. The lowest BCUT2D eigenvalue weighted by Gasteiger charge is -2.08. The van der Waals surface area contributed by atoms with Crippen LogP contribution in [-0.2, 0) is 0 Å². The van der Waals surface area contributed by atoms with Crippen molar-refractivity contribution < 1.29 is 4.79 Å². The SMILES string of the molecule is C1CCNCC1.NC(=O)c1ccncc1. The number of nitrogens with two attached hydrogens (primary N) is 1. The summed E-state index contributed by atoms with van der Waals surface area (Å²) in [5.74, 6) is -0.419. The lowest BCUT2D eigenvalue weighted by Crippen LogP contribution is -2.21. The Balaban J connectivity index is 0.000000162. The second-order valence-electron chi connectivity index (χ2n) is 3.41. The van der Waals surface area contributed by atoms with Crippen molar-refractivity contribution >= 4 is 5.91 Å². The Morgan fingerprint density at radius 2 is 1.80 bits per heavy atom. The number of primary amides is 1. The monoisotopic (exact) mass is 207 g/mol. The average Bonchev–Trinajstić information content (AvgIpc) is 2.33. The predicted molar refractivity (Wildman–Crippen MR) is 59.5 cm³/mol. The molecule has 0 aromatic carbocycles. The highest BCUT2D eigenvalue weighted by atomic mass is 16.1. The van der Waals surface area contributed by atoms with Crippen LogP contribution in [-0.4, -0.2) is 24.0 Å². The number of piperidine rings is 1. The molecule has 2 heterocycles. The third-order valence-corrected chi connectivity index (χ3v) is 2.17. The summed E-state index contributed by atoms with van der Waals surface area (Å²) in [6, 6.07) is 3.14. The molecule has 0 radical (unpaired) electrons. The van der Waals surface area contributed by atoms with E-state index < -0.39 is 5.91 Å². The summed E-state index contributed by atoms with van der Waals surface area (Å²) in [6.07, 6.45) is 7.27. The molecule has 15 heavy (non-hydrogen) atoms. The molecule has 0 spiro atoms. The minimum absolute atomic E-state index is 0.419. The van der Waals surface area contributed by atoms with Crippen LogP contribution in [0.5, 0.6) is 0 Å². The second kappa shape index (κ2) is 6.95. The fraction of sp³-hybridized carbons (Fsp3) is 0.455. The molecule has 82 valence electrons. The Bertz CT molecular complexity index is 272. The normalized spacial score (nSPS) is 14.9. The number of nitrogens with zero attached hydrogens (tertiary/aromatic N) is 1. The van der Waals surface area contributed by atoms with Gasteiger partial charge in [-0.3, -0.25) is 9.78 Å². The zero-order valence-electron chi connectivity index (χ0n) is 8.78. The molecule has 4 nitrogen and oxygen atoms in total. The van der Waals surface area contributed by atoms with Crippen LogP contribution in [0.4, 0.5) is 0 Å². The van der Waals surface area contributed by atoms with Gasteiger partial charge in [-0.05, 0) is 38.1 Å². The Kier molecular flexibility index (Phi) is 5.40. The van der Waals surface area contributed by atoms with E-state index in [1.54, 1.807) is 12.1 Å². The molecule has 0 unspecified atom stereocenters. The van der Waals surface area contributed by atoms with Gasteiger partial charge in [-0.2, -0.15) is 0 Å². The number of carbonyl (C=O) groups is 1. The van der Waals surface area contributed by atoms with E-state index in [2.05, 4.69) is 10.3 Å². The molecule has 0 saturated carbocycles. The molecule has 1 amide bonds. The summed E-state index contributed by atoms with van der Waals surface area (Å²) in [6.45, 7) is 2.50. The van der Waals surface area contributed by atoms with Gasteiger partial charge in [0.1, 0.15) is 0 Å². The van der Waals surface area contributed by atoms with Crippen molar-refractivity contribution in [2.45, 2.75) is 19.3 Å². The van der Waals surface area contributed by atoms with Gasteiger partial charge in [-0.1, -0.05) is 6.42 Å². The first-order valence-corrected chi connectivity index (χ1v) is 5.21. The van der Waals surface area contributed by atoms with Gasteiger partial charge in [0.25, 0.3) is 0 Å². The number of pyridine rings is 1. The minimum Gasteiger partial charge on any atom is -0.366 e. The molecule has 1 aromatic rings. The summed E-state index contributed by atoms with van der Waals surface area (Å²) >= 11 is 0. The van der Waals surface area contributed by atoms with Crippen LogP contribution < -0.4 is 11.1 Å². The van der Waals surface area contributed by atoms with Gasteiger partial charge < -0.3 is 11.1 Å². The van der Waals surface area contributed by atoms with Gasteiger partial charge in [-0.25, -0.2) is 0 Å². The third-order valence-electron chi connectivity index (χ3n) is 2.17. The van der Waals surface area contributed by atoms with E-state index in [9.17, 15) is 4.79 Å². The van der Waals surface area contributed by atoms with Crippen molar-refractivity contribution in [1.82, 2.24) is 10.3 Å². The van der Waals surface area contributed by atoms with Gasteiger partial charge in [0, 0.05) is 18.0 Å². The molecule has 1 aromatic heterocycles. The van der Waals surface area contributed by atoms with Crippen molar-refractivity contribution in [3.63, 3.8) is 0 Å². The molecule has 4 heteroatoms. The maximum atomic E-state index is 10.4. The van der Waals surface area contributed by atoms with Crippen LogP contribution in [0.15, 0.2) is 24.5 Å². The van der Waals surface area contributed by atoms with Gasteiger partial charge >= 0.3 is 0 Å². The van der Waals surface area contributed by atoms with Crippen molar-refractivity contribution in [1.29, 1.82) is 0 Å². The van der Waals surface area contributed by atoms with Crippen LogP contribution >= 0.6 is 0 Å². The van der Waals surface area contributed by atoms with Crippen molar-refractivity contribution in [3.05, 3.63) is 30.1 Å². The van der Waals surface area contributed by atoms with Gasteiger partial charge in [0.05, 0.1) is 0 Å². The molecular weight excluding hydrogens is 190 g/mol. The fourth-order valence-corrected chi connectivity index (χ4v) is 1.32. The van der Waals surface area contributed by atoms with Crippen LogP contribution in [0.2, 0.25) is 0 Å². The Morgan fingerprint density at radius 1 is 1.20 bits per heavy atom. The highest BCUT2D eigenvalue weighted by Gasteiger charge is 1.94. The van der Waals surface area contributed by atoms with Crippen molar-refractivity contribution in [2.24, 2.45) is 5.73 Å². The van der Waals surface area contributed by atoms with E-state index >= 15 is 0 Å². The topological polar surface area (TPSA) is 68.0 Å². The maximum Gasteiger partial charge on any atom is 0.248 e. The van der Waals surface area contributed by atoms with E-state index in [0.29, 0.717) is 5.56 Å². The summed E-state index contributed by atoms with van der Waals surface area (Å²) in [4.78, 5) is 14.1. The van der Waals surface area contributed by atoms with E-state index in [4.69, 9.17) is 5.73 Å². The van der Waals surface area contributed by atoms with Crippen LogP contribution in [0, 0.1) is 0 Å². The quantitative estimate of drug-likeness (QED) is 0.720. The first-order valence-electron chi connectivity index (χ1n) is 5.21. The van der Waals surface area contributed by atoms with E-state index in [1.165, 1.54) is 44.7 Å².